The maximum atomic E-state index is 14.2. The summed E-state index contributed by atoms with van der Waals surface area (Å²) in [4.78, 5) is 51.3. The third kappa shape index (κ3) is 6.71. The number of likely N-dealkylation sites (N-methyl/N-ethyl adjacent to an activating group) is 1. The number of hydrogen-bond acceptors (Lipinski definition) is 10. The van der Waals surface area contributed by atoms with Crippen LogP contribution < -0.4 is 19.6 Å². The van der Waals surface area contributed by atoms with Gasteiger partial charge in [0.1, 0.15) is 11.8 Å². The van der Waals surface area contributed by atoms with Crippen LogP contribution in [-0.2, 0) is 4.79 Å². The van der Waals surface area contributed by atoms with E-state index in [0.717, 1.165) is 23.1 Å². The van der Waals surface area contributed by atoms with Crippen LogP contribution in [0.1, 0.15) is 37.9 Å². The maximum Gasteiger partial charge on any atom is 0.283 e. The van der Waals surface area contributed by atoms with E-state index in [0.29, 0.717) is 76.9 Å². The molecule has 2 aromatic heterocycles. The fraction of sp³-hybridized carbons (Fsp3) is 0.206. The smallest absolute Gasteiger partial charge is 0.283 e. The van der Waals surface area contributed by atoms with E-state index in [-0.39, 0.29) is 16.8 Å². The summed E-state index contributed by atoms with van der Waals surface area (Å²) in [5, 5.41) is 20.3. The molecule has 0 aliphatic carbocycles. The number of halogens is 2. The van der Waals surface area contributed by atoms with E-state index in [1.807, 2.05) is 32.0 Å². The Labute approximate surface area is 303 Å². The fourth-order valence-electron chi connectivity index (χ4n) is 5.66. The number of ether oxygens (including phenoxy) is 1. The zero-order valence-electron chi connectivity index (χ0n) is 27.1. The van der Waals surface area contributed by atoms with Crippen LogP contribution in [0.25, 0.3) is 17.5 Å². The van der Waals surface area contributed by atoms with Crippen molar-refractivity contribution in [3.8, 4) is 17.1 Å². The normalized spacial score (nSPS) is 14.4. The highest BCUT2D eigenvalue weighted by molar-refractivity contribution is 7.99. The van der Waals surface area contributed by atoms with Gasteiger partial charge in [0.25, 0.3) is 17.2 Å². The van der Waals surface area contributed by atoms with Crippen molar-refractivity contribution in [2.24, 2.45) is 4.99 Å². The third-order valence-electron chi connectivity index (χ3n) is 8.07. The molecule has 1 aliphatic rings. The van der Waals surface area contributed by atoms with Crippen LogP contribution in [0, 0.1) is 10.1 Å². The van der Waals surface area contributed by atoms with Gasteiger partial charge in [-0.25, -0.2) is 9.98 Å². The number of nitrogens with zero attached hydrogens (tertiary/aromatic N) is 6. The Hall–Kier alpha value is -4.76. The second-order valence-corrected chi connectivity index (χ2v) is 13.8. The van der Waals surface area contributed by atoms with Gasteiger partial charge >= 0.3 is 0 Å². The van der Waals surface area contributed by atoms with Crippen LogP contribution >= 0.6 is 46.3 Å². The Bertz CT molecular complexity index is 2370. The lowest BCUT2D eigenvalue weighted by Crippen LogP contribution is -2.43. The first kappa shape index (κ1) is 35.1. The molecular formula is C34H29Cl2N7O5S2. The fourth-order valence-corrected chi connectivity index (χ4v) is 8.00. The first-order chi connectivity index (χ1) is 24.0. The third-order valence-corrected chi connectivity index (χ3v) is 10.5. The molecule has 256 valence electrons. The maximum absolute atomic E-state index is 14.2. The van der Waals surface area contributed by atoms with Crippen molar-refractivity contribution in [2.45, 2.75) is 36.9 Å². The highest BCUT2D eigenvalue weighted by atomic mass is 35.5. The van der Waals surface area contributed by atoms with Crippen LogP contribution in [0.4, 0.5) is 5.69 Å². The molecule has 1 aliphatic heterocycles. The van der Waals surface area contributed by atoms with Crippen LogP contribution in [0.2, 0.25) is 10.0 Å². The molecule has 1 N–H and O–H groups in total. The van der Waals surface area contributed by atoms with E-state index in [2.05, 4.69) is 15.2 Å². The van der Waals surface area contributed by atoms with E-state index in [1.54, 1.807) is 54.3 Å². The van der Waals surface area contributed by atoms with Gasteiger partial charge in [0.05, 0.1) is 37.8 Å². The number of nitro groups is 1. The van der Waals surface area contributed by atoms with Crippen LogP contribution in [0.15, 0.2) is 91.8 Å². The van der Waals surface area contributed by atoms with Crippen molar-refractivity contribution in [3.05, 3.63) is 123 Å². The molecule has 0 spiro atoms. The number of benzene rings is 3. The molecule has 50 heavy (non-hydrogen) atoms. The highest BCUT2D eigenvalue weighted by Gasteiger charge is 2.35. The summed E-state index contributed by atoms with van der Waals surface area (Å²) in [6.45, 7) is 6.52. The second-order valence-electron chi connectivity index (χ2n) is 11.0. The molecule has 5 aromatic rings. The number of carbonyl (C=O) groups excluding carboxylic acids is 1. The Morgan fingerprint density at radius 3 is 2.62 bits per heavy atom. The molecule has 0 unspecified atom stereocenters. The van der Waals surface area contributed by atoms with Crippen molar-refractivity contribution in [1.82, 2.24) is 24.6 Å². The monoisotopic (exact) mass is 749 g/mol. The quantitative estimate of drug-likeness (QED) is 0.130. The van der Waals surface area contributed by atoms with E-state index in [4.69, 9.17) is 32.9 Å². The van der Waals surface area contributed by atoms with Crippen LogP contribution in [0.5, 0.6) is 5.75 Å². The van der Waals surface area contributed by atoms with Gasteiger partial charge < -0.3 is 9.64 Å². The molecule has 1 atom stereocenters. The van der Waals surface area contributed by atoms with E-state index in [1.165, 1.54) is 17.7 Å². The first-order valence-corrected chi connectivity index (χ1v) is 17.7. The molecule has 0 fully saturated rings. The Balaban J connectivity index is 1.40. The van der Waals surface area contributed by atoms with Gasteiger partial charge in [-0.15, -0.1) is 5.10 Å². The Morgan fingerprint density at radius 2 is 1.92 bits per heavy atom. The number of aromatic nitrogens is 4. The van der Waals surface area contributed by atoms with Crippen LogP contribution in [-0.4, -0.2) is 55.7 Å². The topological polar surface area (TPSA) is 149 Å². The van der Waals surface area contributed by atoms with Crippen molar-refractivity contribution in [1.29, 1.82) is 0 Å². The number of H-pyrrole nitrogens is 1. The van der Waals surface area contributed by atoms with Crippen molar-refractivity contribution in [2.75, 3.05) is 20.2 Å². The van der Waals surface area contributed by atoms with Gasteiger partial charge in [-0.3, -0.25) is 29.4 Å². The number of fused-ring (bicyclic) bond motifs is 1. The first-order valence-electron chi connectivity index (χ1n) is 15.3. The number of nitro benzene ring substituents is 1. The summed E-state index contributed by atoms with van der Waals surface area (Å²) in [6, 6.07) is 16.1. The molecule has 3 heterocycles. The Kier molecular flexibility index (Phi) is 10.3. The zero-order chi connectivity index (χ0) is 35.7. The number of nitrogens with one attached hydrogen (secondary N) is 1. The predicted octanol–water partition coefficient (Wildman–Crippen LogP) is 6.26. The summed E-state index contributed by atoms with van der Waals surface area (Å²) >= 11 is 14.5. The average Bonchev–Trinajstić information content (AvgIpc) is 3.68. The van der Waals surface area contributed by atoms with Gasteiger partial charge in [0.2, 0.25) is 5.16 Å². The molecule has 0 saturated heterocycles. The molecule has 1 amide bonds. The minimum Gasteiger partial charge on any atom is -0.496 e. The number of carbonyl (C=O) groups is 1. The molecular weight excluding hydrogens is 721 g/mol. The van der Waals surface area contributed by atoms with Crippen LogP contribution in [0.3, 0.4) is 0 Å². The molecule has 3 aromatic carbocycles. The number of amides is 1. The molecule has 0 saturated carbocycles. The van der Waals surface area contributed by atoms with E-state index < -0.39 is 16.5 Å². The van der Waals surface area contributed by atoms with E-state index in [9.17, 15) is 19.7 Å². The predicted molar refractivity (Wildman–Crippen MR) is 194 cm³/mol. The van der Waals surface area contributed by atoms with Crippen molar-refractivity contribution >= 4 is 64.0 Å². The number of rotatable bonds is 10. The molecule has 6 rings (SSSR count). The van der Waals surface area contributed by atoms with Gasteiger partial charge in [-0.1, -0.05) is 58.8 Å². The SMILES string of the molecule is CCN(CC)C(=O)C1=C(C)N=c2s/c(=C\c3ccc(Sc4n[nH]c(-c5ccc(Cl)cc5Cl)n4)c([N+](=O)[O-])c3)c(=O)n2[C@H]1c1ccccc1OC. The average molecular weight is 751 g/mol. The lowest BCUT2D eigenvalue weighted by molar-refractivity contribution is -0.387. The molecule has 12 nitrogen and oxygen atoms in total. The summed E-state index contributed by atoms with van der Waals surface area (Å²) in [6.07, 6.45) is 1.59. The minimum atomic E-state index is -0.806. The zero-order valence-corrected chi connectivity index (χ0v) is 30.3. The number of aromatic amines is 1. The highest BCUT2D eigenvalue weighted by Crippen LogP contribution is 2.37. The van der Waals surface area contributed by atoms with Gasteiger partial charge in [0, 0.05) is 35.3 Å². The summed E-state index contributed by atoms with van der Waals surface area (Å²) in [5.74, 6) is 0.678. The van der Waals surface area contributed by atoms with Gasteiger partial charge in [-0.2, -0.15) is 0 Å². The summed E-state index contributed by atoms with van der Waals surface area (Å²) < 4.78 is 7.47. The van der Waals surface area contributed by atoms with Gasteiger partial charge in [0.15, 0.2) is 10.6 Å². The number of methoxy groups -OCH3 is 1. The number of allylic oxidation sites excluding steroid dienone is 1. The molecule has 16 heteroatoms. The standard InChI is InChI=1S/C34H29Cl2N7O5S2/c1-5-41(6-2)32(45)28-18(3)37-34-42(29(28)22-9-7-8-10-25(22)48-4)31(44)27(50-34)16-19-11-14-26(24(15-19)43(46)47)49-33-38-30(39-40-33)21-13-12-20(35)17-23(21)36/h7-17,29H,5-6H2,1-4H3,(H,38,39,40)/b27-16-/t29-/m0/s1. The molecule has 0 radical (unpaired) electrons. The summed E-state index contributed by atoms with van der Waals surface area (Å²) in [5.41, 5.74) is 1.93. The lowest BCUT2D eigenvalue weighted by atomic mass is 9.94. The summed E-state index contributed by atoms with van der Waals surface area (Å²) in [7, 11) is 1.54. The van der Waals surface area contributed by atoms with E-state index >= 15 is 0 Å². The number of hydrogen-bond donors (Lipinski definition) is 1. The Morgan fingerprint density at radius 1 is 1.16 bits per heavy atom. The number of para-hydroxylation sites is 1. The van der Waals surface area contributed by atoms with Gasteiger partial charge in [-0.05, 0) is 74.5 Å². The lowest BCUT2D eigenvalue weighted by Gasteiger charge is -2.29. The second kappa shape index (κ2) is 14.6. The number of thiazole rings is 1. The van der Waals surface area contributed by atoms with Crippen molar-refractivity contribution < 1.29 is 14.5 Å². The minimum absolute atomic E-state index is 0.192. The van der Waals surface area contributed by atoms with Crippen molar-refractivity contribution in [3.63, 3.8) is 0 Å². The largest absolute Gasteiger partial charge is 0.496 e. The molecule has 0 bridgehead atoms.